The van der Waals surface area contributed by atoms with Crippen LogP contribution in [0.3, 0.4) is 0 Å². The molecule has 1 saturated heterocycles. The third-order valence-corrected chi connectivity index (χ3v) is 4.18. The molecule has 0 aliphatic carbocycles. The van der Waals surface area contributed by atoms with Crippen molar-refractivity contribution in [2.24, 2.45) is 0 Å². The van der Waals surface area contributed by atoms with Gasteiger partial charge in [0.15, 0.2) is 0 Å². The van der Waals surface area contributed by atoms with E-state index in [1.807, 2.05) is 16.8 Å². The lowest BCUT2D eigenvalue weighted by atomic mass is 9.96. The van der Waals surface area contributed by atoms with Crippen molar-refractivity contribution < 1.29 is 9.21 Å². The fourth-order valence-electron chi connectivity index (χ4n) is 2.92. The first-order valence-electron chi connectivity index (χ1n) is 7.71. The molecule has 3 heterocycles. The van der Waals surface area contributed by atoms with Gasteiger partial charge in [-0.2, -0.15) is 5.10 Å². The Kier molecular flexibility index (Phi) is 4.58. The summed E-state index contributed by atoms with van der Waals surface area (Å²) in [5.74, 6) is 0.498. The van der Waals surface area contributed by atoms with Crippen LogP contribution in [0.5, 0.6) is 0 Å². The average molecular weight is 302 g/mol. The molecule has 1 amide bonds. The predicted octanol–water partition coefficient (Wildman–Crippen LogP) is 1.60. The molecule has 3 rings (SSSR count). The van der Waals surface area contributed by atoms with Gasteiger partial charge in [0.05, 0.1) is 12.5 Å². The number of rotatable bonds is 5. The monoisotopic (exact) mass is 302 g/mol. The highest BCUT2D eigenvalue weighted by molar-refractivity contribution is 5.75. The lowest BCUT2D eigenvalue weighted by Gasteiger charge is -2.24. The molecule has 1 fully saturated rings. The van der Waals surface area contributed by atoms with Crippen molar-refractivity contribution in [1.82, 2.24) is 20.0 Å². The maximum Gasteiger partial charge on any atom is 0.244 e. The number of furan rings is 1. The van der Waals surface area contributed by atoms with Gasteiger partial charge in [-0.1, -0.05) is 0 Å². The lowest BCUT2D eigenvalue weighted by molar-refractivity contribution is -0.131. The third kappa shape index (κ3) is 3.39. The summed E-state index contributed by atoms with van der Waals surface area (Å²) in [4.78, 5) is 14.1. The van der Waals surface area contributed by atoms with E-state index in [1.54, 1.807) is 30.7 Å². The lowest BCUT2D eigenvalue weighted by Crippen LogP contribution is -2.33. The number of piperidine rings is 1. The first-order chi connectivity index (χ1) is 10.7. The smallest absolute Gasteiger partial charge is 0.244 e. The Morgan fingerprint density at radius 1 is 1.55 bits per heavy atom. The molecule has 1 aliphatic heterocycles. The van der Waals surface area contributed by atoms with Gasteiger partial charge in [0.2, 0.25) is 5.91 Å². The number of hydrogen-bond acceptors (Lipinski definition) is 4. The van der Waals surface area contributed by atoms with E-state index in [4.69, 9.17) is 4.42 Å². The topological polar surface area (TPSA) is 63.3 Å². The molecule has 0 bridgehead atoms. The van der Waals surface area contributed by atoms with Gasteiger partial charge in [-0.05, 0) is 31.5 Å². The Morgan fingerprint density at radius 3 is 3.18 bits per heavy atom. The Balaban J connectivity index is 1.62. The van der Waals surface area contributed by atoms with E-state index in [1.165, 1.54) is 6.42 Å². The molecule has 118 valence electrons. The second-order valence-corrected chi connectivity index (χ2v) is 5.84. The maximum absolute atomic E-state index is 12.4. The van der Waals surface area contributed by atoms with Crippen LogP contribution in [0.4, 0.5) is 0 Å². The Morgan fingerprint density at radius 2 is 2.45 bits per heavy atom. The van der Waals surface area contributed by atoms with Gasteiger partial charge in [-0.15, -0.1) is 0 Å². The molecule has 0 radical (unpaired) electrons. The molecule has 0 saturated carbocycles. The van der Waals surface area contributed by atoms with Crippen LogP contribution in [-0.2, 0) is 17.9 Å². The third-order valence-electron chi connectivity index (χ3n) is 4.18. The summed E-state index contributed by atoms with van der Waals surface area (Å²) < 4.78 is 6.88. The van der Waals surface area contributed by atoms with E-state index < -0.39 is 0 Å². The summed E-state index contributed by atoms with van der Waals surface area (Å²) in [5, 5.41) is 7.74. The minimum absolute atomic E-state index is 0.0509. The average Bonchev–Trinajstić information content (AvgIpc) is 3.19. The van der Waals surface area contributed by atoms with E-state index in [9.17, 15) is 4.79 Å². The highest BCUT2D eigenvalue weighted by atomic mass is 16.3. The van der Waals surface area contributed by atoms with Crippen LogP contribution in [0.25, 0.3) is 0 Å². The van der Waals surface area contributed by atoms with Crippen molar-refractivity contribution in [3.8, 4) is 0 Å². The Bertz CT molecular complexity index is 599. The summed E-state index contributed by atoms with van der Waals surface area (Å²) >= 11 is 0. The molecular formula is C16H22N4O2. The largest absolute Gasteiger partial charge is 0.472 e. The number of nitrogens with zero attached hydrogens (tertiary/aromatic N) is 3. The van der Waals surface area contributed by atoms with E-state index in [0.29, 0.717) is 12.5 Å². The maximum atomic E-state index is 12.4. The predicted molar refractivity (Wildman–Crippen MR) is 82.3 cm³/mol. The molecule has 6 nitrogen and oxygen atoms in total. The summed E-state index contributed by atoms with van der Waals surface area (Å²) in [5.41, 5.74) is 2.14. The van der Waals surface area contributed by atoms with E-state index in [2.05, 4.69) is 10.4 Å². The van der Waals surface area contributed by atoms with E-state index in [0.717, 1.165) is 30.8 Å². The van der Waals surface area contributed by atoms with E-state index >= 15 is 0 Å². The second-order valence-electron chi connectivity index (χ2n) is 5.84. The fraction of sp³-hybridized carbons (Fsp3) is 0.500. The molecule has 1 atom stereocenters. The number of carbonyl (C=O) groups excluding carboxylic acids is 1. The van der Waals surface area contributed by atoms with Gasteiger partial charge in [0.25, 0.3) is 0 Å². The van der Waals surface area contributed by atoms with Crippen LogP contribution in [0.1, 0.15) is 30.0 Å². The standard InChI is InChI=1S/C16H22N4O2/c1-19(10-13-5-8-22-12-13)16(21)11-20-15(4-7-18-20)14-3-2-6-17-9-14/h4-5,7-8,12,14,17H,2-3,6,9-11H2,1H3/t14-/m1/s1. The normalized spacial score (nSPS) is 18.3. The van der Waals surface area contributed by atoms with Gasteiger partial charge in [0.1, 0.15) is 6.54 Å². The first-order valence-corrected chi connectivity index (χ1v) is 7.71. The van der Waals surface area contributed by atoms with Crippen molar-refractivity contribution >= 4 is 5.91 Å². The molecule has 22 heavy (non-hydrogen) atoms. The van der Waals surface area contributed by atoms with Gasteiger partial charge >= 0.3 is 0 Å². The molecular weight excluding hydrogens is 280 g/mol. The number of nitrogens with one attached hydrogen (secondary N) is 1. The van der Waals surface area contributed by atoms with Crippen molar-refractivity contribution in [2.75, 3.05) is 20.1 Å². The van der Waals surface area contributed by atoms with Gasteiger partial charge in [0, 0.05) is 43.5 Å². The van der Waals surface area contributed by atoms with Crippen LogP contribution in [0, 0.1) is 0 Å². The molecule has 6 heteroatoms. The number of likely N-dealkylation sites (N-methyl/N-ethyl adjacent to an activating group) is 1. The SMILES string of the molecule is CN(Cc1ccoc1)C(=O)Cn1nccc1[C@@H]1CCCNC1. The molecule has 1 N–H and O–H groups in total. The minimum Gasteiger partial charge on any atom is -0.472 e. The van der Waals surface area contributed by atoms with Crippen molar-refractivity contribution in [3.63, 3.8) is 0 Å². The highest BCUT2D eigenvalue weighted by Crippen LogP contribution is 2.22. The molecule has 0 unspecified atom stereocenters. The van der Waals surface area contributed by atoms with Gasteiger partial charge < -0.3 is 14.6 Å². The summed E-state index contributed by atoms with van der Waals surface area (Å²) in [6.07, 6.45) is 7.39. The van der Waals surface area contributed by atoms with Gasteiger partial charge in [-0.3, -0.25) is 9.48 Å². The fourth-order valence-corrected chi connectivity index (χ4v) is 2.92. The number of hydrogen-bond donors (Lipinski definition) is 1. The van der Waals surface area contributed by atoms with E-state index in [-0.39, 0.29) is 12.5 Å². The van der Waals surface area contributed by atoms with Crippen molar-refractivity contribution in [1.29, 1.82) is 0 Å². The Labute approximate surface area is 130 Å². The van der Waals surface area contributed by atoms with Crippen LogP contribution in [0.15, 0.2) is 35.3 Å². The zero-order valence-electron chi connectivity index (χ0n) is 12.9. The van der Waals surface area contributed by atoms with Crippen LogP contribution in [0.2, 0.25) is 0 Å². The number of amides is 1. The van der Waals surface area contributed by atoms with Crippen LogP contribution < -0.4 is 5.32 Å². The molecule has 1 aliphatic rings. The molecule has 0 aromatic carbocycles. The zero-order chi connectivity index (χ0) is 15.4. The summed E-state index contributed by atoms with van der Waals surface area (Å²) in [7, 11) is 1.81. The summed E-state index contributed by atoms with van der Waals surface area (Å²) in [6, 6.07) is 3.90. The minimum atomic E-state index is 0.0509. The van der Waals surface area contributed by atoms with Crippen LogP contribution >= 0.6 is 0 Å². The molecule has 2 aromatic heterocycles. The zero-order valence-corrected chi connectivity index (χ0v) is 12.9. The summed E-state index contributed by atoms with van der Waals surface area (Å²) in [6.45, 7) is 2.88. The van der Waals surface area contributed by atoms with Crippen LogP contribution in [-0.4, -0.2) is 40.7 Å². The van der Waals surface area contributed by atoms with Gasteiger partial charge in [-0.25, -0.2) is 0 Å². The number of aromatic nitrogens is 2. The molecule has 2 aromatic rings. The highest BCUT2D eigenvalue weighted by Gasteiger charge is 2.20. The van der Waals surface area contributed by atoms with Crippen molar-refractivity contribution in [2.45, 2.75) is 31.8 Å². The van der Waals surface area contributed by atoms with Crippen molar-refractivity contribution in [3.05, 3.63) is 42.1 Å². The number of carbonyl (C=O) groups is 1. The first kappa shape index (κ1) is 14.8. The Hall–Kier alpha value is -2.08. The second kappa shape index (κ2) is 6.79. The molecule has 0 spiro atoms. The quantitative estimate of drug-likeness (QED) is 0.911.